The van der Waals surface area contributed by atoms with Crippen molar-refractivity contribution >= 4 is 17.6 Å². The zero-order valence-electron chi connectivity index (χ0n) is 8.87. The van der Waals surface area contributed by atoms with E-state index in [9.17, 15) is 9.18 Å². The Kier molecular flexibility index (Phi) is 4.71. The predicted molar refractivity (Wildman–Crippen MR) is 59.8 cm³/mol. The van der Waals surface area contributed by atoms with Gasteiger partial charge in [0, 0.05) is 5.92 Å². The maximum absolute atomic E-state index is 13.7. The lowest BCUT2D eigenvalue weighted by molar-refractivity contribution is -0.141. The Labute approximate surface area is 98.3 Å². The molecular weight excluding hydrogens is 233 g/mol. The van der Waals surface area contributed by atoms with Crippen LogP contribution in [0.3, 0.4) is 0 Å². The maximum Gasteiger partial charge on any atom is 0.306 e. The minimum Gasteiger partial charge on any atom is -0.469 e. The van der Waals surface area contributed by atoms with Crippen LogP contribution in [-0.4, -0.2) is 19.6 Å². The van der Waals surface area contributed by atoms with Crippen molar-refractivity contribution in [2.45, 2.75) is 12.3 Å². The summed E-state index contributed by atoms with van der Waals surface area (Å²) in [4.78, 5) is 11.1. The number of benzene rings is 1. The van der Waals surface area contributed by atoms with Crippen LogP contribution in [0.2, 0.25) is 5.02 Å². The number of hydrogen-bond acceptors (Lipinski definition) is 3. The molecular formula is C11H13ClFNO2. The Morgan fingerprint density at radius 2 is 2.31 bits per heavy atom. The normalized spacial score (nSPS) is 12.2. The number of ether oxygens (including phenoxy) is 1. The van der Waals surface area contributed by atoms with Gasteiger partial charge in [0.25, 0.3) is 0 Å². The average molecular weight is 246 g/mol. The van der Waals surface area contributed by atoms with E-state index in [1.165, 1.54) is 13.2 Å². The first kappa shape index (κ1) is 12.9. The van der Waals surface area contributed by atoms with E-state index in [4.69, 9.17) is 17.3 Å². The van der Waals surface area contributed by atoms with E-state index in [1.54, 1.807) is 12.1 Å². The summed E-state index contributed by atoms with van der Waals surface area (Å²) in [6, 6.07) is 4.65. The molecule has 0 saturated heterocycles. The molecule has 0 aliphatic carbocycles. The molecule has 16 heavy (non-hydrogen) atoms. The van der Waals surface area contributed by atoms with Gasteiger partial charge >= 0.3 is 5.97 Å². The molecule has 0 fully saturated rings. The fourth-order valence-corrected chi connectivity index (χ4v) is 1.62. The number of hydrogen-bond donors (Lipinski definition) is 1. The number of halogens is 2. The molecule has 3 nitrogen and oxygen atoms in total. The van der Waals surface area contributed by atoms with Gasteiger partial charge in [-0.15, -0.1) is 0 Å². The minimum atomic E-state index is -0.525. The Bertz CT molecular complexity index is 384. The van der Waals surface area contributed by atoms with Gasteiger partial charge in [0.1, 0.15) is 5.82 Å². The van der Waals surface area contributed by atoms with E-state index in [0.717, 1.165) is 0 Å². The summed E-state index contributed by atoms with van der Waals surface area (Å²) < 4.78 is 18.2. The van der Waals surface area contributed by atoms with Gasteiger partial charge in [0.15, 0.2) is 0 Å². The summed E-state index contributed by atoms with van der Waals surface area (Å²) in [5.41, 5.74) is 5.86. The van der Waals surface area contributed by atoms with E-state index >= 15 is 0 Å². The standard InChI is InChI=1S/C11H13ClFNO2/c1-16-10(15)5-7(6-14)8-3-2-4-9(12)11(8)13/h2-4,7H,5-6,14H2,1H3. The highest BCUT2D eigenvalue weighted by Gasteiger charge is 2.19. The Morgan fingerprint density at radius 3 is 2.88 bits per heavy atom. The molecule has 0 bridgehead atoms. The van der Waals surface area contributed by atoms with E-state index in [0.29, 0.717) is 5.56 Å². The molecule has 5 heteroatoms. The van der Waals surface area contributed by atoms with Gasteiger partial charge in [0.05, 0.1) is 18.6 Å². The van der Waals surface area contributed by atoms with E-state index in [-0.39, 0.29) is 18.0 Å². The van der Waals surface area contributed by atoms with E-state index in [1.807, 2.05) is 0 Å². The molecule has 0 radical (unpaired) electrons. The van der Waals surface area contributed by atoms with Gasteiger partial charge in [-0.2, -0.15) is 0 Å². The molecule has 0 saturated carbocycles. The highest BCUT2D eigenvalue weighted by atomic mass is 35.5. The lowest BCUT2D eigenvalue weighted by Crippen LogP contribution is -2.18. The molecule has 0 heterocycles. The lowest BCUT2D eigenvalue weighted by Gasteiger charge is -2.15. The van der Waals surface area contributed by atoms with Gasteiger partial charge < -0.3 is 10.5 Å². The Morgan fingerprint density at radius 1 is 1.62 bits per heavy atom. The third-order valence-corrected chi connectivity index (χ3v) is 2.64. The van der Waals surface area contributed by atoms with Crippen LogP contribution >= 0.6 is 11.6 Å². The lowest BCUT2D eigenvalue weighted by atomic mass is 9.95. The number of nitrogens with two attached hydrogens (primary N) is 1. The van der Waals surface area contributed by atoms with Crippen molar-refractivity contribution in [3.8, 4) is 0 Å². The summed E-state index contributed by atoms with van der Waals surface area (Å²) in [5, 5.41) is 0.0285. The van der Waals surface area contributed by atoms with Gasteiger partial charge in [-0.25, -0.2) is 4.39 Å². The number of carbonyl (C=O) groups is 1. The first-order chi connectivity index (χ1) is 7.60. The molecule has 88 valence electrons. The second kappa shape index (κ2) is 5.82. The molecule has 0 spiro atoms. The summed E-state index contributed by atoms with van der Waals surface area (Å²) >= 11 is 5.65. The third kappa shape index (κ3) is 2.93. The van der Waals surface area contributed by atoms with Crippen LogP contribution in [0.25, 0.3) is 0 Å². The molecule has 1 unspecified atom stereocenters. The Balaban J connectivity index is 2.95. The fraction of sp³-hybridized carbons (Fsp3) is 0.364. The van der Waals surface area contributed by atoms with E-state index < -0.39 is 17.7 Å². The van der Waals surface area contributed by atoms with Crippen molar-refractivity contribution in [1.82, 2.24) is 0 Å². The minimum absolute atomic E-state index is 0.0285. The highest BCUT2D eigenvalue weighted by molar-refractivity contribution is 6.30. The predicted octanol–water partition coefficient (Wildman–Crippen LogP) is 2.08. The maximum atomic E-state index is 13.7. The number of esters is 1. The monoisotopic (exact) mass is 245 g/mol. The average Bonchev–Trinajstić information content (AvgIpc) is 2.29. The van der Waals surface area contributed by atoms with Gasteiger partial charge in [-0.3, -0.25) is 4.79 Å². The van der Waals surface area contributed by atoms with Crippen LogP contribution in [0.1, 0.15) is 17.9 Å². The smallest absolute Gasteiger partial charge is 0.306 e. The first-order valence-electron chi connectivity index (χ1n) is 4.81. The second-order valence-electron chi connectivity index (χ2n) is 3.36. The number of carbonyl (C=O) groups excluding carboxylic acids is 1. The quantitative estimate of drug-likeness (QED) is 0.827. The summed E-state index contributed by atoms with van der Waals surface area (Å²) in [6.07, 6.45) is 0.0459. The highest BCUT2D eigenvalue weighted by Crippen LogP contribution is 2.26. The van der Waals surface area contributed by atoms with Crippen molar-refractivity contribution < 1.29 is 13.9 Å². The zero-order valence-corrected chi connectivity index (χ0v) is 9.63. The van der Waals surface area contributed by atoms with Crippen LogP contribution < -0.4 is 5.73 Å². The molecule has 1 atom stereocenters. The molecule has 2 N–H and O–H groups in total. The van der Waals surface area contributed by atoms with Gasteiger partial charge in [0.2, 0.25) is 0 Å². The van der Waals surface area contributed by atoms with E-state index in [2.05, 4.69) is 4.74 Å². The van der Waals surface area contributed by atoms with Crippen molar-refractivity contribution in [3.63, 3.8) is 0 Å². The number of rotatable bonds is 4. The topological polar surface area (TPSA) is 52.3 Å². The van der Waals surface area contributed by atoms with Crippen LogP contribution in [0.15, 0.2) is 18.2 Å². The molecule has 0 aliphatic rings. The largest absolute Gasteiger partial charge is 0.469 e. The summed E-state index contributed by atoms with van der Waals surface area (Å²) in [5.74, 6) is -1.36. The van der Waals surface area contributed by atoms with Crippen LogP contribution in [0.4, 0.5) is 4.39 Å². The molecule has 0 amide bonds. The van der Waals surface area contributed by atoms with Crippen molar-refractivity contribution in [2.24, 2.45) is 5.73 Å². The summed E-state index contributed by atoms with van der Waals surface area (Å²) in [6.45, 7) is 0.159. The zero-order chi connectivity index (χ0) is 12.1. The number of methoxy groups -OCH3 is 1. The Hall–Kier alpha value is -1.13. The molecule has 1 rings (SSSR count). The molecule has 0 aromatic heterocycles. The second-order valence-corrected chi connectivity index (χ2v) is 3.76. The molecule has 1 aromatic rings. The third-order valence-electron chi connectivity index (χ3n) is 2.35. The summed E-state index contributed by atoms with van der Waals surface area (Å²) in [7, 11) is 1.28. The van der Waals surface area contributed by atoms with Crippen LogP contribution in [0.5, 0.6) is 0 Å². The molecule has 0 aliphatic heterocycles. The fourth-order valence-electron chi connectivity index (χ4n) is 1.44. The van der Waals surface area contributed by atoms with Gasteiger partial charge in [-0.1, -0.05) is 23.7 Å². The van der Waals surface area contributed by atoms with Crippen molar-refractivity contribution in [1.29, 1.82) is 0 Å². The van der Waals surface area contributed by atoms with Crippen LogP contribution in [-0.2, 0) is 9.53 Å². The molecule has 1 aromatic carbocycles. The van der Waals surface area contributed by atoms with Crippen molar-refractivity contribution in [3.05, 3.63) is 34.6 Å². The SMILES string of the molecule is COC(=O)CC(CN)c1cccc(Cl)c1F. The van der Waals surface area contributed by atoms with Crippen LogP contribution in [0, 0.1) is 5.82 Å². The first-order valence-corrected chi connectivity index (χ1v) is 5.18. The van der Waals surface area contributed by atoms with Gasteiger partial charge in [-0.05, 0) is 18.2 Å². The van der Waals surface area contributed by atoms with Crippen molar-refractivity contribution in [2.75, 3.05) is 13.7 Å².